The third-order valence-corrected chi connectivity index (χ3v) is 5.00. The van der Waals surface area contributed by atoms with Gasteiger partial charge in [0.15, 0.2) is 0 Å². The highest BCUT2D eigenvalue weighted by Gasteiger charge is 2.29. The Hall–Kier alpha value is -0.540. The number of nitrogens with two attached hydrogens (primary N) is 1. The number of anilines is 1. The SMILES string of the molecule is CN(c1cc(Br)ccc1CN)C1CCC(C)(C)CC1. The molecule has 1 saturated carbocycles. The van der Waals surface area contributed by atoms with Crippen LogP contribution in [0.25, 0.3) is 0 Å². The van der Waals surface area contributed by atoms with Crippen LogP contribution in [0.1, 0.15) is 45.1 Å². The van der Waals surface area contributed by atoms with Crippen molar-refractivity contribution >= 4 is 21.6 Å². The highest BCUT2D eigenvalue weighted by molar-refractivity contribution is 9.10. The van der Waals surface area contributed by atoms with Gasteiger partial charge in [-0.05, 0) is 48.8 Å². The van der Waals surface area contributed by atoms with E-state index in [4.69, 9.17) is 5.73 Å². The first kappa shape index (κ1) is 14.9. The van der Waals surface area contributed by atoms with Crippen LogP contribution in [0, 0.1) is 5.41 Å². The minimum atomic E-state index is 0.519. The van der Waals surface area contributed by atoms with Crippen LogP contribution in [0.2, 0.25) is 0 Å². The molecule has 1 fully saturated rings. The molecule has 2 N–H and O–H groups in total. The Morgan fingerprint density at radius 2 is 1.95 bits per heavy atom. The van der Waals surface area contributed by atoms with Gasteiger partial charge in [-0.15, -0.1) is 0 Å². The predicted molar refractivity (Wildman–Crippen MR) is 86.5 cm³/mol. The first-order valence-electron chi connectivity index (χ1n) is 7.14. The van der Waals surface area contributed by atoms with Crippen molar-refractivity contribution in [2.24, 2.45) is 11.1 Å². The van der Waals surface area contributed by atoms with E-state index in [1.165, 1.54) is 36.9 Å². The Balaban J connectivity index is 2.16. The topological polar surface area (TPSA) is 29.3 Å². The molecule has 0 aliphatic heterocycles. The predicted octanol–water partition coefficient (Wildman–Crippen LogP) is 4.31. The minimum Gasteiger partial charge on any atom is -0.371 e. The number of hydrogen-bond donors (Lipinski definition) is 1. The van der Waals surface area contributed by atoms with Crippen molar-refractivity contribution in [1.29, 1.82) is 0 Å². The van der Waals surface area contributed by atoms with Crippen LogP contribution in [-0.4, -0.2) is 13.1 Å². The fourth-order valence-electron chi connectivity index (χ4n) is 3.01. The molecular weight excluding hydrogens is 300 g/mol. The standard InChI is InChI=1S/C16H25BrN2/c1-16(2)8-6-14(7-9-16)19(3)15-10-13(17)5-4-12(15)11-18/h4-5,10,14H,6-9,11,18H2,1-3H3. The van der Waals surface area contributed by atoms with E-state index in [9.17, 15) is 0 Å². The Morgan fingerprint density at radius 1 is 1.32 bits per heavy atom. The maximum Gasteiger partial charge on any atom is 0.0422 e. The molecule has 1 aromatic carbocycles. The summed E-state index contributed by atoms with van der Waals surface area (Å²) in [7, 11) is 2.21. The molecule has 3 heteroatoms. The van der Waals surface area contributed by atoms with E-state index in [0.29, 0.717) is 18.0 Å². The molecule has 0 saturated heterocycles. The Labute approximate surface area is 125 Å². The zero-order valence-corrected chi connectivity index (χ0v) is 13.8. The molecule has 0 spiro atoms. The van der Waals surface area contributed by atoms with Crippen molar-refractivity contribution in [2.45, 2.75) is 52.1 Å². The highest BCUT2D eigenvalue weighted by atomic mass is 79.9. The molecule has 0 aromatic heterocycles. The Kier molecular flexibility index (Phi) is 4.57. The first-order chi connectivity index (χ1) is 8.93. The van der Waals surface area contributed by atoms with Gasteiger partial charge in [-0.2, -0.15) is 0 Å². The summed E-state index contributed by atoms with van der Waals surface area (Å²) >= 11 is 3.57. The van der Waals surface area contributed by atoms with Crippen molar-refractivity contribution < 1.29 is 0 Å². The smallest absolute Gasteiger partial charge is 0.0422 e. The molecule has 0 atom stereocenters. The maximum absolute atomic E-state index is 5.87. The van der Waals surface area contributed by atoms with Crippen molar-refractivity contribution in [3.05, 3.63) is 28.2 Å². The quantitative estimate of drug-likeness (QED) is 0.897. The monoisotopic (exact) mass is 324 g/mol. The molecule has 106 valence electrons. The molecule has 1 aliphatic carbocycles. The van der Waals surface area contributed by atoms with Gasteiger partial charge in [0.05, 0.1) is 0 Å². The third kappa shape index (κ3) is 3.51. The van der Waals surface area contributed by atoms with Crippen molar-refractivity contribution in [2.75, 3.05) is 11.9 Å². The lowest BCUT2D eigenvalue weighted by Gasteiger charge is -2.40. The van der Waals surface area contributed by atoms with E-state index >= 15 is 0 Å². The molecule has 1 aromatic rings. The minimum absolute atomic E-state index is 0.519. The normalized spacial score (nSPS) is 19.4. The highest BCUT2D eigenvalue weighted by Crippen LogP contribution is 2.38. The van der Waals surface area contributed by atoms with Gasteiger partial charge in [-0.25, -0.2) is 0 Å². The Morgan fingerprint density at radius 3 is 2.53 bits per heavy atom. The molecular formula is C16H25BrN2. The molecule has 0 amide bonds. The fraction of sp³-hybridized carbons (Fsp3) is 0.625. The van der Waals surface area contributed by atoms with E-state index in [-0.39, 0.29) is 0 Å². The molecule has 2 rings (SSSR count). The molecule has 0 bridgehead atoms. The number of nitrogens with zero attached hydrogens (tertiary/aromatic N) is 1. The van der Waals surface area contributed by atoms with Gasteiger partial charge in [-0.3, -0.25) is 0 Å². The van der Waals surface area contributed by atoms with Crippen molar-refractivity contribution in [3.8, 4) is 0 Å². The summed E-state index contributed by atoms with van der Waals surface area (Å²) in [6.45, 7) is 5.37. The molecule has 0 unspecified atom stereocenters. The second-order valence-electron chi connectivity index (χ2n) is 6.48. The molecule has 2 nitrogen and oxygen atoms in total. The van der Waals surface area contributed by atoms with Gasteiger partial charge in [0.25, 0.3) is 0 Å². The van der Waals surface area contributed by atoms with Crippen LogP contribution in [0.4, 0.5) is 5.69 Å². The van der Waals surface area contributed by atoms with E-state index < -0.39 is 0 Å². The lowest BCUT2D eigenvalue weighted by atomic mass is 9.75. The van der Waals surface area contributed by atoms with Gasteiger partial charge in [-0.1, -0.05) is 35.8 Å². The fourth-order valence-corrected chi connectivity index (χ4v) is 3.35. The summed E-state index contributed by atoms with van der Waals surface area (Å²) < 4.78 is 1.13. The van der Waals surface area contributed by atoms with E-state index in [0.717, 1.165) is 4.47 Å². The lowest BCUT2D eigenvalue weighted by molar-refractivity contribution is 0.222. The second-order valence-corrected chi connectivity index (χ2v) is 7.40. The number of hydrogen-bond acceptors (Lipinski definition) is 2. The molecule has 0 radical (unpaired) electrons. The van der Waals surface area contributed by atoms with Crippen molar-refractivity contribution in [3.63, 3.8) is 0 Å². The van der Waals surface area contributed by atoms with Gasteiger partial charge >= 0.3 is 0 Å². The summed E-state index contributed by atoms with van der Waals surface area (Å²) in [6, 6.07) is 7.04. The van der Waals surface area contributed by atoms with E-state index in [1.807, 2.05) is 0 Å². The summed E-state index contributed by atoms with van der Waals surface area (Å²) in [6.07, 6.45) is 5.18. The molecule has 0 heterocycles. The van der Waals surface area contributed by atoms with Crippen molar-refractivity contribution in [1.82, 2.24) is 0 Å². The molecule has 1 aliphatic rings. The zero-order chi connectivity index (χ0) is 14.0. The maximum atomic E-state index is 5.87. The van der Waals surface area contributed by atoms with Crippen LogP contribution >= 0.6 is 15.9 Å². The summed E-state index contributed by atoms with van der Waals surface area (Å²) in [5.41, 5.74) is 8.90. The van der Waals surface area contributed by atoms with Gasteiger partial charge < -0.3 is 10.6 Å². The van der Waals surface area contributed by atoms with Crippen LogP contribution < -0.4 is 10.6 Å². The third-order valence-electron chi connectivity index (χ3n) is 4.50. The summed E-state index contributed by atoms with van der Waals surface area (Å²) in [5.74, 6) is 0. The van der Waals surface area contributed by atoms with Crippen LogP contribution in [0.5, 0.6) is 0 Å². The molecule has 19 heavy (non-hydrogen) atoms. The zero-order valence-electron chi connectivity index (χ0n) is 12.2. The summed E-state index contributed by atoms with van der Waals surface area (Å²) in [4.78, 5) is 2.43. The first-order valence-corrected chi connectivity index (χ1v) is 7.93. The van der Waals surface area contributed by atoms with E-state index in [1.54, 1.807) is 0 Å². The average molecular weight is 325 g/mol. The largest absolute Gasteiger partial charge is 0.371 e. The number of benzene rings is 1. The Bertz CT molecular complexity index is 432. The van der Waals surface area contributed by atoms with Crippen LogP contribution in [-0.2, 0) is 6.54 Å². The van der Waals surface area contributed by atoms with Gasteiger partial charge in [0, 0.05) is 29.8 Å². The van der Waals surface area contributed by atoms with E-state index in [2.05, 4.69) is 59.9 Å². The number of rotatable bonds is 3. The summed E-state index contributed by atoms with van der Waals surface area (Å²) in [5, 5.41) is 0. The van der Waals surface area contributed by atoms with Gasteiger partial charge in [0.1, 0.15) is 0 Å². The van der Waals surface area contributed by atoms with Crippen LogP contribution in [0.15, 0.2) is 22.7 Å². The van der Waals surface area contributed by atoms with Gasteiger partial charge in [0.2, 0.25) is 0 Å². The van der Waals surface area contributed by atoms with Crippen LogP contribution in [0.3, 0.4) is 0 Å². The second kappa shape index (κ2) is 5.84. The number of halogens is 1. The average Bonchev–Trinajstić information content (AvgIpc) is 2.38. The lowest BCUT2D eigenvalue weighted by Crippen LogP contribution is -2.37.